The van der Waals surface area contributed by atoms with Gasteiger partial charge in [0.05, 0.1) is 470 Å². The molecule has 2 aliphatic rings. The zero-order chi connectivity index (χ0) is 111. The van der Waals surface area contributed by atoms with E-state index in [1.54, 1.807) is 48.5 Å². The minimum Gasteiger partial charge on any atom is -0.481 e. The third kappa shape index (κ3) is 80.4. The summed E-state index contributed by atoms with van der Waals surface area (Å²) < 4.78 is 198. The van der Waals surface area contributed by atoms with Gasteiger partial charge in [-0.05, 0) is 31.2 Å². The standard InChI is InChI=1S/C49H80N2O21.C48H78N2O24.2FH2P/c1-43(54)8-15-72-42-49(40-70-13-4-11-52,41-71-14-5-12-53)50-46(55)9-16-58-18-20-60-22-24-62-26-28-64-30-32-66-34-36-68-38-39-69-37-35-67-33-31-65-29-27-63-25-23-61-21-19-59-17-10-51-47(56)44-6-2-3-7-45(44)48(51)57;51-42(49-48(37-72-11-6-43(52)53,38-73-12-7-44(54)55)39-74-13-8-45(56)57)5-10-60-15-17-62-19-21-64-23-25-66-27-29-68-31-33-70-35-36-71-34-32-69-30-28-67-26-24-65-22-20-63-18-16-61-14-9-50-46(58)40-3-1-2-4-41(40)47(50)59;2*1-2/h2-3,6-7,11-12H,4-5,8-10,13-42H2,1H3,(H,50,55);1-4H,5-39H2,(H,49,51)(H,52,53)(H,54,55)(H,56,57);2*2H2/i11T,12T;;;. The summed E-state index contributed by atoms with van der Waals surface area (Å²) in [5, 5.41) is 32.4. The number of rotatable bonds is 110. The van der Waals surface area contributed by atoms with Gasteiger partial charge in [0.1, 0.15) is 32.1 Å². The fourth-order valence-electron chi connectivity index (χ4n) is 12.3. The SMILES string of the molecule is FP.FP.O=C(O)CCOCC(COCCC(=O)O)(COCCC(=O)O)NC(=O)CCOCCOCCOCCOCCOCCOCCOCCOCCOCCOCCOCCOCCN1C(=O)c2ccccc2C1=O.[3H]C(=O)CCOCC(COCCC([3H])=O)(COCCC(C)=O)NC(=O)CCOCCOCCOCCOCCOCCOCCOCCOCCOCCOCCOCCOCCN1C(=O)c2ccccc2C1=O. The molecule has 0 spiro atoms. The summed E-state index contributed by atoms with van der Waals surface area (Å²) in [6.07, 6.45) is -2.75. The van der Waals surface area contributed by atoms with Crippen LogP contribution in [0.4, 0.5) is 8.39 Å². The maximum absolute atomic E-state index is 12.9. The first-order valence-electron chi connectivity index (χ1n) is 50.5. The Labute approximate surface area is 883 Å². The highest BCUT2D eigenvalue weighted by atomic mass is 31.1. The molecule has 0 aliphatic carbocycles. The number of hydrogen-bond acceptors (Lipinski definition) is 42. The Hall–Kier alpha value is -7.40. The molecule has 0 radical (unpaired) electrons. The molecule has 2 aliphatic heterocycles. The lowest BCUT2D eigenvalue weighted by molar-refractivity contribution is -0.140. The Morgan fingerprint density at radius 2 is 0.413 bits per heavy atom. The van der Waals surface area contributed by atoms with Gasteiger partial charge in [-0.15, -0.1) is 0 Å². The quantitative estimate of drug-likeness (QED) is 0.0275. The second kappa shape index (κ2) is 103. The van der Waals surface area contributed by atoms with Crippen LogP contribution in [0.1, 0.15) is 102 Å². The highest BCUT2D eigenvalue weighted by Crippen LogP contribution is 2.24. The van der Waals surface area contributed by atoms with Crippen LogP contribution in [-0.2, 0) is 180 Å². The number of nitrogens with zero attached hydrogens (tertiary/aromatic N) is 2. The third-order valence-corrected chi connectivity index (χ3v) is 19.6. The Morgan fingerprint density at radius 1 is 0.260 bits per heavy atom. The number of amides is 6. The molecule has 0 aromatic heterocycles. The molecule has 2 aromatic rings. The van der Waals surface area contributed by atoms with E-state index in [1.807, 2.05) is 0 Å². The van der Waals surface area contributed by atoms with Gasteiger partial charge in [0.15, 0.2) is 0 Å². The van der Waals surface area contributed by atoms with Gasteiger partial charge < -0.3 is 178 Å². The van der Waals surface area contributed by atoms with E-state index in [4.69, 9.17) is 160 Å². The van der Waals surface area contributed by atoms with Crippen molar-refractivity contribution in [2.45, 2.75) is 69.4 Å². The number of aldehydes is 2. The summed E-state index contributed by atoms with van der Waals surface area (Å²) in [7, 11) is 1.83. The maximum Gasteiger partial charge on any atom is 0.305 e. The Bertz CT molecular complexity index is 3410. The Kier molecular flexibility index (Phi) is 94.2. The molecule has 0 saturated heterocycles. The first-order valence-corrected chi connectivity index (χ1v) is 50.4. The summed E-state index contributed by atoms with van der Waals surface area (Å²) in [5.41, 5.74) is -0.893. The largest absolute Gasteiger partial charge is 0.481 e. The van der Waals surface area contributed by atoms with Crippen LogP contribution in [0.15, 0.2) is 48.5 Å². The van der Waals surface area contributed by atoms with E-state index in [0.717, 1.165) is 19.1 Å². The molecule has 6 amide bonds. The van der Waals surface area contributed by atoms with Crippen molar-refractivity contribution in [2.24, 2.45) is 0 Å². The zero-order valence-corrected chi connectivity index (χ0v) is 88.7. The number of hydrogen-bond donors (Lipinski definition) is 5. The van der Waals surface area contributed by atoms with Gasteiger partial charge in [-0.1, -0.05) is 24.3 Å². The van der Waals surface area contributed by atoms with Crippen LogP contribution < -0.4 is 10.6 Å². The zero-order valence-electron chi connectivity index (χ0n) is 88.4. The lowest BCUT2D eigenvalue weighted by Gasteiger charge is -2.34. The van der Waals surface area contributed by atoms with Crippen LogP contribution >= 0.6 is 19.1 Å². The molecular weight excluding hydrogens is 2040 g/mol. The molecule has 49 nitrogen and oxygen atoms in total. The average molecular weight is 2210 g/mol. The molecule has 2 unspecified atom stereocenters. The molecule has 2 heterocycles. The number of carboxylic acids is 3. The van der Waals surface area contributed by atoms with Crippen LogP contribution in [0.5, 0.6) is 0 Å². The van der Waals surface area contributed by atoms with E-state index in [1.165, 1.54) is 16.7 Å². The second-order valence-corrected chi connectivity index (χ2v) is 31.5. The number of Topliss-reactive ketones (excluding diaryl/α,β-unsaturated/α-hetero) is 1. The van der Waals surface area contributed by atoms with Gasteiger partial charge in [-0.25, -0.2) is 8.39 Å². The lowest BCUT2D eigenvalue weighted by Crippen LogP contribution is -2.59. The highest BCUT2D eigenvalue weighted by Gasteiger charge is 2.38. The number of carboxylic acid groups (broad SMARTS) is 3. The lowest BCUT2D eigenvalue weighted by atomic mass is 10.0. The molecular formula is C97H162F2N4O45P2. The number of fused-ring (bicyclic) bond motifs is 2. The maximum atomic E-state index is 12.9. The number of carbonyl (C=O) groups is 12. The van der Waals surface area contributed by atoms with Crippen molar-refractivity contribution in [1.29, 1.82) is 0 Å². The number of benzene rings is 2. The number of halogens is 2. The second-order valence-electron chi connectivity index (χ2n) is 31.5. The van der Waals surface area contributed by atoms with Gasteiger partial charge in [-0.2, -0.15) is 0 Å². The molecule has 864 valence electrons. The van der Waals surface area contributed by atoms with Crippen molar-refractivity contribution in [2.75, 3.05) is 410 Å². The number of aliphatic carboxylic acids is 3. The van der Waals surface area contributed by atoms with Crippen molar-refractivity contribution in [3.8, 4) is 0 Å². The monoisotopic (exact) mass is 2210 g/mol. The number of ether oxygens (including phenoxy) is 30. The first kappa shape index (κ1) is 137. The number of ketones is 1. The highest BCUT2D eigenvalue weighted by molar-refractivity contribution is 7.09. The van der Waals surface area contributed by atoms with Crippen molar-refractivity contribution >= 4 is 90.8 Å². The Morgan fingerprint density at radius 3 is 0.580 bits per heavy atom. The minimum atomic E-state index is -1.36. The van der Waals surface area contributed by atoms with Crippen LogP contribution in [0.2, 0.25) is 0 Å². The normalized spacial score (nSPS) is 12.4. The topological polar surface area (TPSA) is 573 Å². The van der Waals surface area contributed by atoms with Crippen LogP contribution in [0, 0.1) is 0 Å². The van der Waals surface area contributed by atoms with Gasteiger partial charge in [0.2, 0.25) is 11.8 Å². The van der Waals surface area contributed by atoms with Crippen LogP contribution in [-0.4, -0.2) is 517 Å². The van der Waals surface area contributed by atoms with E-state index in [2.05, 4.69) is 10.6 Å². The van der Waals surface area contributed by atoms with Crippen LogP contribution in [0.3, 0.4) is 0 Å². The predicted octanol–water partition coefficient (Wildman–Crippen LogP) is 2.63. The van der Waals surface area contributed by atoms with Gasteiger partial charge in [0.25, 0.3) is 23.6 Å². The number of imide groups is 2. The minimum absolute atomic E-state index is 0.0173. The molecule has 53 heteroatoms. The number of nitrogens with one attached hydrogen (secondary N) is 2. The van der Waals surface area contributed by atoms with E-state index in [0.29, 0.717) is 287 Å². The molecule has 0 saturated carbocycles. The molecule has 0 bridgehead atoms. The summed E-state index contributed by atoms with van der Waals surface area (Å²) in [5.74, 6) is -5.41. The molecule has 2 aromatic carbocycles. The fourth-order valence-corrected chi connectivity index (χ4v) is 12.3. The average Bonchev–Trinajstić information content (AvgIpc) is 1.64. The summed E-state index contributed by atoms with van der Waals surface area (Å²) in [6.45, 7) is 18.2. The smallest absolute Gasteiger partial charge is 0.305 e. The molecule has 4 rings (SSSR count). The molecule has 0 fully saturated rings. The van der Waals surface area contributed by atoms with Gasteiger partial charge in [0, 0.05) is 32.1 Å². The van der Waals surface area contributed by atoms with Crippen molar-refractivity contribution in [3.05, 3.63) is 70.8 Å². The van der Waals surface area contributed by atoms with Gasteiger partial charge in [-0.3, -0.25) is 57.7 Å². The molecule has 150 heavy (non-hydrogen) atoms. The fraction of sp³-hybridized carbons (Fsp3) is 0.753. The number of carbonyl (C=O) groups excluding carboxylic acids is 9. The summed E-state index contributed by atoms with van der Waals surface area (Å²) >= 11 is 0. The van der Waals surface area contributed by atoms with E-state index in [9.17, 15) is 65.9 Å². The van der Waals surface area contributed by atoms with E-state index >= 15 is 0 Å². The van der Waals surface area contributed by atoms with E-state index in [-0.39, 0.29) is 226 Å². The van der Waals surface area contributed by atoms with Crippen molar-refractivity contribution < 1.29 is 226 Å². The van der Waals surface area contributed by atoms with Crippen LogP contribution in [0.25, 0.3) is 0 Å². The first-order chi connectivity index (χ1) is 74.1. The van der Waals surface area contributed by atoms with Crippen molar-refractivity contribution in [1.82, 2.24) is 20.4 Å². The van der Waals surface area contributed by atoms with E-state index < -0.39 is 53.3 Å². The van der Waals surface area contributed by atoms with Crippen molar-refractivity contribution in [3.63, 3.8) is 0 Å². The van der Waals surface area contributed by atoms with Gasteiger partial charge >= 0.3 is 17.9 Å². The summed E-state index contributed by atoms with van der Waals surface area (Å²) in [6, 6.07) is 13.5. The molecule has 2 atom stereocenters. The predicted molar refractivity (Wildman–Crippen MR) is 534 cm³/mol. The third-order valence-electron chi connectivity index (χ3n) is 19.6. The summed E-state index contributed by atoms with van der Waals surface area (Å²) in [4.78, 5) is 144. The molecule has 5 N–H and O–H groups in total. The Balaban J connectivity index is 0.00000147.